The predicted molar refractivity (Wildman–Crippen MR) is 116 cm³/mol. The van der Waals surface area contributed by atoms with Gasteiger partial charge in [0, 0.05) is 13.1 Å². The molecular weight excluding hydrogens is 411 g/mol. The van der Waals surface area contributed by atoms with Crippen LogP contribution in [0.25, 0.3) is 0 Å². The first-order valence-electron chi connectivity index (χ1n) is 9.56. The van der Waals surface area contributed by atoms with Crippen LogP contribution in [0.3, 0.4) is 0 Å². The van der Waals surface area contributed by atoms with Crippen molar-refractivity contribution in [3.8, 4) is 5.75 Å². The van der Waals surface area contributed by atoms with Crippen LogP contribution in [0.5, 0.6) is 5.75 Å². The highest BCUT2D eigenvalue weighted by Crippen LogP contribution is 2.24. The Kier molecular flexibility index (Phi) is 8.80. The van der Waals surface area contributed by atoms with Gasteiger partial charge in [-0.25, -0.2) is 0 Å². The van der Waals surface area contributed by atoms with Crippen LogP contribution in [0.4, 0.5) is 0 Å². The molecule has 0 heterocycles. The van der Waals surface area contributed by atoms with Crippen molar-refractivity contribution >= 4 is 35.0 Å². The van der Waals surface area contributed by atoms with E-state index >= 15 is 0 Å². The van der Waals surface area contributed by atoms with Gasteiger partial charge in [-0.2, -0.15) is 0 Å². The molecule has 2 aromatic carbocycles. The normalized spacial score (nSPS) is 11.6. The zero-order valence-corrected chi connectivity index (χ0v) is 18.4. The van der Waals surface area contributed by atoms with Crippen molar-refractivity contribution in [1.82, 2.24) is 10.2 Å². The summed E-state index contributed by atoms with van der Waals surface area (Å²) in [5.41, 5.74) is 1.89. The fraction of sp³-hybridized carbons (Fsp3) is 0.364. The SMILES string of the molecule is CCNC(=O)[C@H](CC)N(Cc1ccc(Cl)c(Cl)c1)C(=O)COc1ccc(C)cc1. The molecule has 7 heteroatoms. The van der Waals surface area contributed by atoms with E-state index in [1.807, 2.05) is 45.0 Å². The second-order valence-corrected chi connectivity index (χ2v) is 7.50. The molecule has 0 saturated heterocycles. The molecule has 5 nitrogen and oxygen atoms in total. The van der Waals surface area contributed by atoms with Crippen molar-refractivity contribution in [3.05, 3.63) is 63.6 Å². The lowest BCUT2D eigenvalue weighted by atomic mass is 10.1. The molecule has 0 bridgehead atoms. The number of aryl methyl sites for hydroxylation is 1. The standard InChI is InChI=1S/C22H26Cl2N2O3/c1-4-20(22(28)25-5-2)26(13-16-8-11-18(23)19(24)12-16)21(27)14-29-17-9-6-15(3)7-10-17/h6-12,20H,4-5,13-14H2,1-3H3,(H,25,28)/t20-/m0/s1. The molecule has 0 spiro atoms. The van der Waals surface area contributed by atoms with Crippen molar-refractivity contribution in [3.63, 3.8) is 0 Å². The van der Waals surface area contributed by atoms with Crippen LogP contribution in [0, 0.1) is 6.92 Å². The minimum Gasteiger partial charge on any atom is -0.484 e. The number of nitrogens with one attached hydrogen (secondary N) is 1. The van der Waals surface area contributed by atoms with Crippen molar-refractivity contribution in [1.29, 1.82) is 0 Å². The third kappa shape index (κ3) is 6.65. The monoisotopic (exact) mass is 436 g/mol. The van der Waals surface area contributed by atoms with Gasteiger partial charge in [-0.1, -0.05) is 53.9 Å². The lowest BCUT2D eigenvalue weighted by Crippen LogP contribution is -2.50. The molecule has 0 aliphatic heterocycles. The predicted octanol–water partition coefficient (Wildman–Crippen LogP) is 4.62. The van der Waals surface area contributed by atoms with Crippen LogP contribution in [0.15, 0.2) is 42.5 Å². The number of nitrogens with zero attached hydrogens (tertiary/aromatic N) is 1. The first-order valence-corrected chi connectivity index (χ1v) is 10.3. The topological polar surface area (TPSA) is 58.6 Å². The van der Waals surface area contributed by atoms with Crippen molar-refractivity contribution in [2.24, 2.45) is 0 Å². The molecule has 1 N–H and O–H groups in total. The van der Waals surface area contributed by atoms with E-state index in [1.165, 1.54) is 4.90 Å². The number of likely N-dealkylation sites (N-methyl/N-ethyl adjacent to an activating group) is 1. The number of rotatable bonds is 9. The van der Waals surface area contributed by atoms with Gasteiger partial charge >= 0.3 is 0 Å². The second kappa shape index (κ2) is 11.1. The molecule has 0 aliphatic carbocycles. The van der Waals surface area contributed by atoms with Crippen molar-refractivity contribution in [2.75, 3.05) is 13.2 Å². The van der Waals surface area contributed by atoms with Gasteiger partial charge in [0.2, 0.25) is 5.91 Å². The molecule has 156 valence electrons. The molecule has 29 heavy (non-hydrogen) atoms. The van der Waals surface area contributed by atoms with Crippen LogP contribution >= 0.6 is 23.2 Å². The van der Waals surface area contributed by atoms with E-state index in [0.717, 1.165) is 11.1 Å². The van der Waals surface area contributed by atoms with Crippen LogP contribution in [0.2, 0.25) is 10.0 Å². The number of amides is 2. The molecular formula is C22H26Cl2N2O3. The third-order valence-corrected chi connectivity index (χ3v) is 5.20. The Hall–Kier alpha value is -2.24. The van der Waals surface area contributed by atoms with E-state index in [2.05, 4.69) is 5.32 Å². The summed E-state index contributed by atoms with van der Waals surface area (Å²) in [4.78, 5) is 27.1. The largest absolute Gasteiger partial charge is 0.484 e. The molecule has 1 atom stereocenters. The number of ether oxygens (including phenoxy) is 1. The fourth-order valence-electron chi connectivity index (χ4n) is 2.91. The van der Waals surface area contributed by atoms with E-state index in [9.17, 15) is 9.59 Å². The third-order valence-electron chi connectivity index (χ3n) is 4.46. The average Bonchev–Trinajstić information content (AvgIpc) is 2.70. The van der Waals surface area contributed by atoms with E-state index in [1.54, 1.807) is 18.2 Å². The molecule has 0 aromatic heterocycles. The summed E-state index contributed by atoms with van der Waals surface area (Å²) in [6, 6.07) is 12.0. The highest BCUT2D eigenvalue weighted by Gasteiger charge is 2.28. The molecule has 0 fully saturated rings. The summed E-state index contributed by atoms with van der Waals surface area (Å²) in [6.07, 6.45) is 0.476. The lowest BCUT2D eigenvalue weighted by molar-refractivity contribution is -0.142. The smallest absolute Gasteiger partial charge is 0.261 e. The Labute approximate surface area is 181 Å². The molecule has 2 rings (SSSR count). The quantitative estimate of drug-likeness (QED) is 0.623. The number of hydrogen-bond acceptors (Lipinski definition) is 3. The van der Waals surface area contributed by atoms with E-state index in [0.29, 0.717) is 28.8 Å². The number of hydrogen-bond donors (Lipinski definition) is 1. The number of carbonyl (C=O) groups excluding carboxylic acids is 2. The maximum atomic E-state index is 13.0. The van der Waals surface area contributed by atoms with Gasteiger partial charge in [-0.3, -0.25) is 9.59 Å². The lowest BCUT2D eigenvalue weighted by Gasteiger charge is -2.30. The Morgan fingerprint density at radius 1 is 1.07 bits per heavy atom. The molecule has 0 aliphatic rings. The summed E-state index contributed by atoms with van der Waals surface area (Å²) in [5, 5.41) is 3.64. The van der Waals surface area contributed by atoms with Crippen LogP contribution < -0.4 is 10.1 Å². The molecule has 2 amide bonds. The van der Waals surface area contributed by atoms with Gasteiger partial charge < -0.3 is 15.0 Å². The molecule has 0 saturated carbocycles. The Balaban J connectivity index is 2.21. The summed E-state index contributed by atoms with van der Waals surface area (Å²) in [6.45, 7) is 6.24. The van der Waals surface area contributed by atoms with Crippen LogP contribution in [-0.2, 0) is 16.1 Å². The van der Waals surface area contributed by atoms with Gasteiger partial charge in [-0.05, 0) is 50.1 Å². The maximum absolute atomic E-state index is 13.0. The molecule has 2 aromatic rings. The second-order valence-electron chi connectivity index (χ2n) is 6.69. The maximum Gasteiger partial charge on any atom is 0.261 e. The summed E-state index contributed by atoms with van der Waals surface area (Å²) in [7, 11) is 0. The van der Waals surface area contributed by atoms with Crippen molar-refractivity contribution in [2.45, 2.75) is 39.8 Å². The fourth-order valence-corrected chi connectivity index (χ4v) is 3.23. The average molecular weight is 437 g/mol. The molecule has 0 unspecified atom stereocenters. The Morgan fingerprint density at radius 3 is 2.34 bits per heavy atom. The Morgan fingerprint density at radius 2 is 1.76 bits per heavy atom. The van der Waals surface area contributed by atoms with E-state index < -0.39 is 6.04 Å². The van der Waals surface area contributed by atoms with Crippen molar-refractivity contribution < 1.29 is 14.3 Å². The van der Waals surface area contributed by atoms with Crippen LogP contribution in [0.1, 0.15) is 31.4 Å². The van der Waals surface area contributed by atoms with E-state index in [-0.39, 0.29) is 25.0 Å². The summed E-state index contributed by atoms with van der Waals surface area (Å²) in [5.74, 6) is 0.123. The number of halogens is 2. The Bertz CT molecular complexity index is 840. The van der Waals surface area contributed by atoms with Gasteiger partial charge in [0.15, 0.2) is 6.61 Å². The first kappa shape index (κ1) is 23.0. The minimum atomic E-state index is -0.612. The zero-order valence-electron chi connectivity index (χ0n) is 16.9. The molecule has 0 radical (unpaired) electrons. The number of benzene rings is 2. The summed E-state index contributed by atoms with van der Waals surface area (Å²) >= 11 is 12.1. The van der Waals surface area contributed by atoms with Gasteiger partial charge in [0.1, 0.15) is 11.8 Å². The number of carbonyl (C=O) groups is 2. The van der Waals surface area contributed by atoms with E-state index in [4.69, 9.17) is 27.9 Å². The van der Waals surface area contributed by atoms with Gasteiger partial charge in [0.25, 0.3) is 5.91 Å². The zero-order chi connectivity index (χ0) is 21.4. The summed E-state index contributed by atoms with van der Waals surface area (Å²) < 4.78 is 5.65. The van der Waals surface area contributed by atoms with Gasteiger partial charge in [-0.15, -0.1) is 0 Å². The first-order chi connectivity index (χ1) is 13.8. The van der Waals surface area contributed by atoms with Crippen LogP contribution in [-0.4, -0.2) is 35.9 Å². The minimum absolute atomic E-state index is 0.166. The highest BCUT2D eigenvalue weighted by molar-refractivity contribution is 6.42. The highest BCUT2D eigenvalue weighted by atomic mass is 35.5. The van der Waals surface area contributed by atoms with Gasteiger partial charge in [0.05, 0.1) is 10.0 Å².